The third kappa shape index (κ3) is 3.48. The van der Waals surface area contributed by atoms with Crippen LogP contribution in [-0.2, 0) is 11.2 Å². The van der Waals surface area contributed by atoms with Gasteiger partial charge in [0.2, 0.25) is 5.91 Å². The first kappa shape index (κ1) is 15.5. The topological polar surface area (TPSA) is 43.8 Å². The number of aliphatic hydroxyl groups excluding tert-OH is 1. The van der Waals surface area contributed by atoms with Gasteiger partial charge in [0.1, 0.15) is 0 Å². The third-order valence-corrected chi connectivity index (χ3v) is 5.16. The first-order valence-electron chi connectivity index (χ1n) is 7.77. The van der Waals surface area contributed by atoms with Gasteiger partial charge in [-0.05, 0) is 29.3 Å². The lowest BCUT2D eigenvalue weighted by atomic mass is 10.1. The van der Waals surface area contributed by atoms with Gasteiger partial charge in [-0.15, -0.1) is 11.3 Å². The zero-order valence-electron chi connectivity index (χ0n) is 12.9. The van der Waals surface area contributed by atoms with Gasteiger partial charge in [0.15, 0.2) is 0 Å². The molecule has 1 aromatic carbocycles. The number of benzene rings is 1. The summed E-state index contributed by atoms with van der Waals surface area (Å²) in [6.07, 6.45) is 0.180. The number of piperazine rings is 1. The van der Waals surface area contributed by atoms with E-state index in [2.05, 4.69) is 22.4 Å². The minimum absolute atomic E-state index is 0.209. The van der Waals surface area contributed by atoms with E-state index in [-0.39, 0.29) is 12.0 Å². The van der Waals surface area contributed by atoms with Crippen LogP contribution in [0.3, 0.4) is 0 Å². The molecule has 1 unspecified atom stereocenters. The van der Waals surface area contributed by atoms with Crippen LogP contribution < -0.4 is 0 Å². The average molecular weight is 318 g/mol. The largest absolute Gasteiger partial charge is 0.392 e. The molecule has 5 heteroatoms. The second-order valence-electron chi connectivity index (χ2n) is 5.96. The van der Waals surface area contributed by atoms with Gasteiger partial charge in [-0.2, -0.15) is 0 Å². The summed E-state index contributed by atoms with van der Waals surface area (Å²) in [5.74, 6) is 0.209. The molecule has 1 aliphatic heterocycles. The number of carbonyl (C=O) groups excluding carboxylic acids is 1. The van der Waals surface area contributed by atoms with Crippen molar-refractivity contribution in [3.8, 4) is 0 Å². The smallest absolute Gasteiger partial charge is 0.227 e. The van der Waals surface area contributed by atoms with Crippen molar-refractivity contribution >= 4 is 27.3 Å². The molecule has 0 aliphatic carbocycles. The van der Waals surface area contributed by atoms with Crippen molar-refractivity contribution in [1.82, 2.24) is 9.80 Å². The van der Waals surface area contributed by atoms with Gasteiger partial charge in [0.05, 0.1) is 12.5 Å². The van der Waals surface area contributed by atoms with Crippen LogP contribution >= 0.6 is 11.3 Å². The number of nitrogens with zero attached hydrogens (tertiary/aromatic N) is 2. The van der Waals surface area contributed by atoms with Gasteiger partial charge in [0, 0.05) is 37.4 Å². The first-order chi connectivity index (χ1) is 10.6. The van der Waals surface area contributed by atoms with Crippen molar-refractivity contribution in [3.05, 3.63) is 35.2 Å². The minimum Gasteiger partial charge on any atom is -0.392 e. The van der Waals surface area contributed by atoms with Crippen LogP contribution in [0.4, 0.5) is 0 Å². The van der Waals surface area contributed by atoms with Crippen molar-refractivity contribution in [2.75, 3.05) is 32.7 Å². The number of fused-ring (bicyclic) bond motifs is 1. The summed E-state index contributed by atoms with van der Waals surface area (Å²) in [6.45, 7) is 5.71. The molecule has 1 atom stereocenters. The van der Waals surface area contributed by atoms with Crippen molar-refractivity contribution in [1.29, 1.82) is 0 Å². The van der Waals surface area contributed by atoms with Crippen LogP contribution in [0.1, 0.15) is 12.5 Å². The lowest BCUT2D eigenvalue weighted by molar-refractivity contribution is -0.132. The molecule has 22 heavy (non-hydrogen) atoms. The van der Waals surface area contributed by atoms with Gasteiger partial charge in [-0.1, -0.05) is 18.2 Å². The van der Waals surface area contributed by atoms with Crippen molar-refractivity contribution in [2.45, 2.75) is 19.4 Å². The number of aliphatic hydroxyl groups is 1. The monoisotopic (exact) mass is 318 g/mol. The van der Waals surface area contributed by atoms with E-state index in [1.807, 2.05) is 17.0 Å². The van der Waals surface area contributed by atoms with E-state index in [1.165, 1.54) is 10.1 Å². The van der Waals surface area contributed by atoms with E-state index in [0.717, 1.165) is 31.7 Å². The summed E-state index contributed by atoms with van der Waals surface area (Å²) in [5.41, 5.74) is 1.14. The maximum absolute atomic E-state index is 12.5. The highest BCUT2D eigenvalue weighted by Crippen LogP contribution is 2.26. The number of carbonyl (C=O) groups is 1. The van der Waals surface area contributed by atoms with Crippen LogP contribution in [-0.4, -0.2) is 59.6 Å². The molecule has 0 spiro atoms. The summed E-state index contributed by atoms with van der Waals surface area (Å²) in [6, 6.07) is 8.25. The summed E-state index contributed by atoms with van der Waals surface area (Å²) >= 11 is 1.70. The Bertz CT molecular complexity index is 645. The molecule has 0 bridgehead atoms. The van der Waals surface area contributed by atoms with Crippen LogP contribution in [0.15, 0.2) is 29.6 Å². The highest BCUT2D eigenvalue weighted by atomic mass is 32.1. The van der Waals surface area contributed by atoms with Gasteiger partial charge < -0.3 is 10.0 Å². The predicted molar refractivity (Wildman–Crippen MR) is 90.2 cm³/mol. The SMILES string of the molecule is CC(O)CN1CCN(C(=O)Cc2csc3ccccc23)CC1. The number of β-amino-alcohol motifs (C(OH)–C–C–N with tert-alkyl or cyclic N) is 1. The van der Waals surface area contributed by atoms with Crippen LogP contribution in [0, 0.1) is 0 Å². The number of rotatable bonds is 4. The molecule has 2 heterocycles. The molecular formula is C17H22N2O2S. The molecular weight excluding hydrogens is 296 g/mol. The number of thiophene rings is 1. The Morgan fingerprint density at radius 2 is 2.00 bits per heavy atom. The molecule has 1 aliphatic rings. The Labute approximate surface area is 135 Å². The van der Waals surface area contributed by atoms with Crippen molar-refractivity contribution in [3.63, 3.8) is 0 Å². The van der Waals surface area contributed by atoms with E-state index in [9.17, 15) is 9.90 Å². The molecule has 118 valence electrons. The van der Waals surface area contributed by atoms with Gasteiger partial charge in [-0.3, -0.25) is 9.69 Å². The predicted octanol–water partition coefficient (Wildman–Crippen LogP) is 1.97. The molecule has 0 radical (unpaired) electrons. The van der Waals surface area contributed by atoms with Crippen molar-refractivity contribution in [2.24, 2.45) is 0 Å². The van der Waals surface area contributed by atoms with E-state index >= 15 is 0 Å². The first-order valence-corrected chi connectivity index (χ1v) is 8.65. The summed E-state index contributed by atoms with van der Waals surface area (Å²) < 4.78 is 1.24. The third-order valence-electron chi connectivity index (χ3n) is 4.15. The fraction of sp³-hybridized carbons (Fsp3) is 0.471. The van der Waals surface area contributed by atoms with Crippen LogP contribution in [0.2, 0.25) is 0 Å². The highest BCUT2D eigenvalue weighted by molar-refractivity contribution is 7.17. The molecule has 2 aromatic rings. The van der Waals surface area contributed by atoms with Crippen LogP contribution in [0.5, 0.6) is 0 Å². The fourth-order valence-corrected chi connectivity index (χ4v) is 3.96. The standard InChI is InChI=1S/C17H22N2O2S/c1-13(20)11-18-6-8-19(9-7-18)17(21)10-14-12-22-16-5-3-2-4-15(14)16/h2-5,12-13,20H,6-11H2,1H3. The normalized spacial score (nSPS) is 17.8. The average Bonchev–Trinajstić information content (AvgIpc) is 2.91. The lowest BCUT2D eigenvalue weighted by Gasteiger charge is -2.35. The second kappa shape index (κ2) is 6.77. The van der Waals surface area contributed by atoms with Crippen LogP contribution in [0.25, 0.3) is 10.1 Å². The van der Waals surface area contributed by atoms with E-state index in [4.69, 9.17) is 0 Å². The molecule has 1 saturated heterocycles. The molecule has 4 nitrogen and oxygen atoms in total. The Balaban J connectivity index is 1.59. The molecule has 0 saturated carbocycles. The summed E-state index contributed by atoms with van der Waals surface area (Å²) in [7, 11) is 0. The zero-order valence-corrected chi connectivity index (χ0v) is 13.7. The quantitative estimate of drug-likeness (QED) is 0.937. The Morgan fingerprint density at radius 3 is 2.73 bits per heavy atom. The lowest BCUT2D eigenvalue weighted by Crippen LogP contribution is -2.50. The summed E-state index contributed by atoms with van der Waals surface area (Å²) in [4.78, 5) is 16.7. The second-order valence-corrected chi connectivity index (χ2v) is 6.88. The van der Waals surface area contributed by atoms with E-state index in [0.29, 0.717) is 13.0 Å². The van der Waals surface area contributed by atoms with Gasteiger partial charge in [-0.25, -0.2) is 0 Å². The molecule has 3 rings (SSSR count). The minimum atomic E-state index is -0.306. The summed E-state index contributed by atoms with van der Waals surface area (Å²) in [5, 5.41) is 12.7. The number of hydrogen-bond acceptors (Lipinski definition) is 4. The zero-order chi connectivity index (χ0) is 15.5. The molecule has 1 N–H and O–H groups in total. The maximum Gasteiger partial charge on any atom is 0.227 e. The molecule has 1 fully saturated rings. The molecule has 1 aromatic heterocycles. The Morgan fingerprint density at radius 1 is 1.27 bits per heavy atom. The van der Waals surface area contributed by atoms with E-state index < -0.39 is 0 Å². The molecule has 1 amide bonds. The van der Waals surface area contributed by atoms with Gasteiger partial charge in [0.25, 0.3) is 0 Å². The van der Waals surface area contributed by atoms with E-state index in [1.54, 1.807) is 18.3 Å². The number of hydrogen-bond donors (Lipinski definition) is 1. The Hall–Kier alpha value is -1.43. The highest BCUT2D eigenvalue weighted by Gasteiger charge is 2.22. The van der Waals surface area contributed by atoms with Gasteiger partial charge >= 0.3 is 0 Å². The van der Waals surface area contributed by atoms with Crippen molar-refractivity contribution < 1.29 is 9.90 Å². The fourth-order valence-electron chi connectivity index (χ4n) is 3.00. The number of amides is 1. The maximum atomic E-state index is 12.5. The Kier molecular flexibility index (Phi) is 4.76.